The summed E-state index contributed by atoms with van der Waals surface area (Å²) in [4.78, 5) is 15.4. The van der Waals surface area contributed by atoms with Crippen LogP contribution in [-0.4, -0.2) is 23.8 Å². The van der Waals surface area contributed by atoms with Crippen molar-refractivity contribution in [1.82, 2.24) is 10.2 Å². The Bertz CT molecular complexity index is 827. The number of rotatable bonds is 2. The van der Waals surface area contributed by atoms with Gasteiger partial charge in [-0.2, -0.15) is 0 Å². The maximum Gasteiger partial charge on any atom is 0.231 e. The lowest BCUT2D eigenvalue weighted by Crippen LogP contribution is -2.57. The quantitative estimate of drug-likeness (QED) is 0.731. The summed E-state index contributed by atoms with van der Waals surface area (Å²) in [5.41, 5.74) is 7.04. The number of nitrogens with one attached hydrogen (secondary N) is 2. The smallest absolute Gasteiger partial charge is 0.231 e. The molecule has 0 saturated carbocycles. The Hall–Kier alpha value is -2.41. The van der Waals surface area contributed by atoms with E-state index in [9.17, 15) is 9.18 Å². The van der Waals surface area contributed by atoms with Crippen molar-refractivity contribution >= 4 is 28.9 Å². The van der Waals surface area contributed by atoms with E-state index in [-0.39, 0.29) is 24.0 Å². The Morgan fingerprint density at radius 2 is 2.12 bits per heavy atom. The number of hydrogen-bond acceptors (Lipinski definition) is 4. The topological polar surface area (TPSA) is 82.2 Å². The van der Waals surface area contributed by atoms with E-state index < -0.39 is 11.4 Å². The monoisotopic (exact) mass is 346 g/mol. The second kappa shape index (κ2) is 5.59. The molecule has 2 aromatic rings. The molecule has 0 bridgehead atoms. The van der Waals surface area contributed by atoms with Gasteiger partial charge in [-0.1, -0.05) is 6.07 Å². The molecular formula is C17H19FN4OS. The molecule has 24 heavy (non-hydrogen) atoms. The highest BCUT2D eigenvalue weighted by Gasteiger charge is 2.39. The van der Waals surface area contributed by atoms with Crippen molar-refractivity contribution in [2.45, 2.75) is 25.8 Å². The molecule has 1 aliphatic heterocycles. The zero-order valence-corrected chi connectivity index (χ0v) is 14.6. The van der Waals surface area contributed by atoms with Gasteiger partial charge in [-0.3, -0.25) is 15.1 Å². The van der Waals surface area contributed by atoms with Crippen molar-refractivity contribution in [2.75, 3.05) is 12.8 Å². The van der Waals surface area contributed by atoms with Gasteiger partial charge in [-0.05, 0) is 43.2 Å². The molecule has 7 heteroatoms. The van der Waals surface area contributed by atoms with Gasteiger partial charge < -0.3 is 11.1 Å². The minimum absolute atomic E-state index is 0.0902. The standard InChI is InChI=1S/C17H19FN4OS/c1-9-6-13(17(2)8-14(23)22(3)16(20)21-17)24-15(9)10-4-5-11(18)12(19)7-10/h4-7H,8,19H2,1-3H3,(H2,20,21)/t17-/m0/s1. The van der Waals surface area contributed by atoms with Gasteiger partial charge in [-0.25, -0.2) is 4.39 Å². The fraction of sp³-hybridized carbons (Fsp3) is 0.294. The summed E-state index contributed by atoms with van der Waals surface area (Å²) in [6.07, 6.45) is 0.275. The van der Waals surface area contributed by atoms with Crippen LogP contribution < -0.4 is 11.1 Å². The summed E-state index contributed by atoms with van der Waals surface area (Å²) < 4.78 is 13.4. The van der Waals surface area contributed by atoms with Gasteiger partial charge in [0.2, 0.25) is 5.91 Å². The molecule has 3 rings (SSSR count). The summed E-state index contributed by atoms with van der Waals surface area (Å²) in [5.74, 6) is -0.441. The van der Waals surface area contributed by atoms with Crippen molar-refractivity contribution < 1.29 is 9.18 Å². The third kappa shape index (κ3) is 2.65. The number of carbonyl (C=O) groups excluding carboxylic acids is 1. The van der Waals surface area contributed by atoms with Crippen LogP contribution in [0, 0.1) is 18.2 Å². The minimum atomic E-state index is -0.625. The molecule has 1 aromatic carbocycles. The van der Waals surface area contributed by atoms with Crippen molar-refractivity contribution in [2.24, 2.45) is 0 Å². The first-order valence-electron chi connectivity index (χ1n) is 7.51. The molecule has 0 unspecified atom stereocenters. The summed E-state index contributed by atoms with van der Waals surface area (Å²) in [7, 11) is 1.59. The van der Waals surface area contributed by atoms with Crippen LogP contribution in [-0.2, 0) is 10.3 Å². The lowest BCUT2D eigenvalue weighted by atomic mass is 9.92. The van der Waals surface area contributed by atoms with Crippen LogP contribution in [0.5, 0.6) is 0 Å². The molecule has 1 saturated heterocycles. The maximum absolute atomic E-state index is 13.4. The van der Waals surface area contributed by atoms with Crippen molar-refractivity contribution in [3.8, 4) is 10.4 Å². The van der Waals surface area contributed by atoms with E-state index in [1.165, 1.54) is 22.3 Å². The second-order valence-corrected chi connectivity index (χ2v) is 7.35. The summed E-state index contributed by atoms with van der Waals surface area (Å²) >= 11 is 1.53. The number of amides is 1. The Morgan fingerprint density at radius 3 is 2.75 bits per heavy atom. The van der Waals surface area contributed by atoms with Gasteiger partial charge in [0.1, 0.15) is 5.82 Å². The number of hydrogen-bond donors (Lipinski definition) is 3. The number of nitrogens with zero attached hydrogens (tertiary/aromatic N) is 1. The Kier molecular flexibility index (Phi) is 3.83. The van der Waals surface area contributed by atoms with Gasteiger partial charge in [0.15, 0.2) is 5.96 Å². The van der Waals surface area contributed by atoms with Crippen LogP contribution in [0.1, 0.15) is 23.8 Å². The third-order valence-electron chi connectivity index (χ3n) is 4.33. The maximum atomic E-state index is 13.4. The predicted octanol–water partition coefficient (Wildman–Crippen LogP) is 3.05. The Labute approximate surface area is 143 Å². The number of benzene rings is 1. The van der Waals surface area contributed by atoms with Crippen molar-refractivity contribution in [3.05, 3.63) is 40.5 Å². The third-order valence-corrected chi connectivity index (χ3v) is 5.88. The van der Waals surface area contributed by atoms with E-state index in [0.29, 0.717) is 0 Å². The van der Waals surface area contributed by atoms with E-state index >= 15 is 0 Å². The number of aryl methyl sites for hydroxylation is 1. The predicted molar refractivity (Wildman–Crippen MR) is 94.5 cm³/mol. The number of anilines is 1. The Morgan fingerprint density at radius 1 is 1.42 bits per heavy atom. The summed E-state index contributed by atoms with van der Waals surface area (Å²) in [6.45, 7) is 3.89. The number of nitrogen functional groups attached to an aromatic ring is 1. The first-order valence-corrected chi connectivity index (χ1v) is 8.32. The average Bonchev–Trinajstić information content (AvgIpc) is 2.90. The first-order chi connectivity index (χ1) is 11.2. The lowest BCUT2D eigenvalue weighted by Gasteiger charge is -2.38. The molecule has 2 heterocycles. The van der Waals surface area contributed by atoms with Crippen LogP contribution in [0.3, 0.4) is 0 Å². The molecule has 5 nitrogen and oxygen atoms in total. The van der Waals surface area contributed by atoms with E-state index in [0.717, 1.165) is 20.9 Å². The van der Waals surface area contributed by atoms with Crippen LogP contribution in [0.2, 0.25) is 0 Å². The summed E-state index contributed by atoms with van der Waals surface area (Å²) in [5, 5.41) is 11.1. The van der Waals surface area contributed by atoms with Crippen LogP contribution in [0.25, 0.3) is 10.4 Å². The SMILES string of the molecule is Cc1cc([C@]2(C)CC(=O)N(C)C(=N)N2)sc1-c1ccc(F)c(N)c1. The largest absolute Gasteiger partial charge is 0.396 e. The molecule has 126 valence electrons. The van der Waals surface area contributed by atoms with Gasteiger partial charge in [0.25, 0.3) is 0 Å². The molecule has 0 radical (unpaired) electrons. The lowest BCUT2D eigenvalue weighted by molar-refractivity contribution is -0.129. The highest BCUT2D eigenvalue weighted by Crippen LogP contribution is 2.40. The van der Waals surface area contributed by atoms with Gasteiger partial charge in [-0.15, -0.1) is 11.3 Å². The average molecular weight is 346 g/mol. The second-order valence-electron chi connectivity index (χ2n) is 6.29. The van der Waals surface area contributed by atoms with Crippen LogP contribution >= 0.6 is 11.3 Å². The number of halogens is 1. The molecule has 1 aliphatic rings. The number of thiophene rings is 1. The fourth-order valence-corrected chi connectivity index (χ4v) is 4.08. The van der Waals surface area contributed by atoms with Gasteiger partial charge in [0, 0.05) is 16.8 Å². The number of carbonyl (C=O) groups is 1. The molecule has 1 aromatic heterocycles. The highest BCUT2D eigenvalue weighted by molar-refractivity contribution is 7.15. The van der Waals surface area contributed by atoms with Gasteiger partial charge in [0.05, 0.1) is 17.6 Å². The molecule has 1 amide bonds. The molecule has 1 atom stereocenters. The zero-order chi connectivity index (χ0) is 17.6. The minimum Gasteiger partial charge on any atom is -0.396 e. The van der Waals surface area contributed by atoms with E-state index in [2.05, 4.69) is 5.32 Å². The van der Waals surface area contributed by atoms with Gasteiger partial charge >= 0.3 is 0 Å². The zero-order valence-electron chi connectivity index (χ0n) is 13.7. The molecule has 1 fully saturated rings. The van der Waals surface area contributed by atoms with Crippen molar-refractivity contribution in [3.63, 3.8) is 0 Å². The normalized spacial score (nSPS) is 21.1. The number of guanidine groups is 1. The van der Waals surface area contributed by atoms with E-state index in [1.807, 2.05) is 19.9 Å². The number of nitrogens with two attached hydrogens (primary N) is 1. The van der Waals surface area contributed by atoms with E-state index in [1.54, 1.807) is 19.2 Å². The Balaban J connectivity index is 2.01. The first kappa shape index (κ1) is 16.4. The molecule has 0 spiro atoms. The molecular weight excluding hydrogens is 327 g/mol. The van der Waals surface area contributed by atoms with Crippen molar-refractivity contribution in [1.29, 1.82) is 5.41 Å². The highest BCUT2D eigenvalue weighted by atomic mass is 32.1. The van der Waals surface area contributed by atoms with Crippen LogP contribution in [0.4, 0.5) is 10.1 Å². The van der Waals surface area contributed by atoms with E-state index in [4.69, 9.17) is 11.1 Å². The fourth-order valence-electron chi connectivity index (χ4n) is 2.81. The summed E-state index contributed by atoms with van der Waals surface area (Å²) in [6, 6.07) is 6.69. The molecule has 0 aliphatic carbocycles. The van der Waals surface area contributed by atoms with Crippen LogP contribution in [0.15, 0.2) is 24.3 Å². The molecule has 4 N–H and O–H groups in total.